The minimum Gasteiger partial charge on any atom is -0.508 e. The number of phenols is 1. The Hall–Kier alpha value is -2.81. The summed E-state index contributed by atoms with van der Waals surface area (Å²) >= 11 is 0. The van der Waals surface area contributed by atoms with Crippen molar-refractivity contribution in [3.05, 3.63) is 65.7 Å². The Morgan fingerprint density at radius 3 is 2.06 bits per heavy atom. The molecule has 158 valence electrons. The van der Waals surface area contributed by atoms with E-state index in [2.05, 4.69) is 24.3 Å². The van der Waals surface area contributed by atoms with E-state index in [0.29, 0.717) is 11.3 Å². The highest BCUT2D eigenvalue weighted by molar-refractivity contribution is 5.91. The summed E-state index contributed by atoms with van der Waals surface area (Å²) in [6.45, 7) is 0. The van der Waals surface area contributed by atoms with Gasteiger partial charge in [-0.2, -0.15) is 0 Å². The zero-order valence-electron chi connectivity index (χ0n) is 17.9. The van der Waals surface area contributed by atoms with Crippen LogP contribution in [0.1, 0.15) is 54.4 Å². The van der Waals surface area contributed by atoms with E-state index in [-0.39, 0.29) is 11.4 Å². The Morgan fingerprint density at radius 2 is 1.45 bits per heavy atom. The van der Waals surface area contributed by atoms with Gasteiger partial charge in [-0.3, -0.25) is 0 Å². The number of esters is 1. The van der Waals surface area contributed by atoms with Crippen molar-refractivity contribution < 1.29 is 14.6 Å². The molecule has 0 aliphatic heterocycles. The SMILES string of the molecule is COC(=O)c1ccc(-c2ccc3cc(O)c(C45CC6CC(CC(C6)C4)C5)cc3c2)cc1. The van der Waals surface area contributed by atoms with Crippen molar-refractivity contribution in [3.63, 3.8) is 0 Å². The van der Waals surface area contributed by atoms with Gasteiger partial charge in [0.05, 0.1) is 12.7 Å². The van der Waals surface area contributed by atoms with Gasteiger partial charge in [-0.15, -0.1) is 0 Å². The minimum atomic E-state index is -0.319. The average Bonchev–Trinajstić information content (AvgIpc) is 2.77. The highest BCUT2D eigenvalue weighted by Crippen LogP contribution is 2.62. The first-order valence-electron chi connectivity index (χ1n) is 11.5. The molecular weight excluding hydrogens is 384 g/mol. The lowest BCUT2D eigenvalue weighted by Crippen LogP contribution is -2.48. The van der Waals surface area contributed by atoms with Gasteiger partial charge in [-0.1, -0.05) is 24.3 Å². The van der Waals surface area contributed by atoms with Crippen LogP contribution in [0.5, 0.6) is 5.75 Å². The summed E-state index contributed by atoms with van der Waals surface area (Å²) in [5, 5.41) is 13.3. The van der Waals surface area contributed by atoms with Crippen molar-refractivity contribution in [3.8, 4) is 16.9 Å². The van der Waals surface area contributed by atoms with Gasteiger partial charge in [0, 0.05) is 5.56 Å². The molecule has 1 N–H and O–H groups in total. The Bertz CT molecular complexity index is 1140. The van der Waals surface area contributed by atoms with Gasteiger partial charge in [0.1, 0.15) is 5.75 Å². The predicted octanol–water partition coefficient (Wildman–Crippen LogP) is 6.47. The molecule has 4 fully saturated rings. The number of carbonyl (C=O) groups is 1. The number of fused-ring (bicyclic) bond motifs is 1. The van der Waals surface area contributed by atoms with Crippen molar-refractivity contribution in [1.82, 2.24) is 0 Å². The molecule has 0 aromatic heterocycles. The summed E-state index contributed by atoms with van der Waals surface area (Å²) in [5.41, 5.74) is 4.09. The summed E-state index contributed by atoms with van der Waals surface area (Å²) in [4.78, 5) is 11.7. The molecule has 4 aliphatic carbocycles. The Balaban J connectivity index is 1.40. The van der Waals surface area contributed by atoms with E-state index in [1.54, 1.807) is 0 Å². The Morgan fingerprint density at radius 1 is 0.839 bits per heavy atom. The number of methoxy groups -OCH3 is 1. The molecule has 0 saturated heterocycles. The fraction of sp³-hybridized carbons (Fsp3) is 0.393. The van der Waals surface area contributed by atoms with Gasteiger partial charge < -0.3 is 9.84 Å². The molecular formula is C28H28O3. The van der Waals surface area contributed by atoms with Crippen LogP contribution < -0.4 is 0 Å². The molecule has 3 aromatic rings. The predicted molar refractivity (Wildman–Crippen MR) is 122 cm³/mol. The van der Waals surface area contributed by atoms with E-state index >= 15 is 0 Å². The molecule has 0 amide bonds. The van der Waals surface area contributed by atoms with Crippen LogP contribution >= 0.6 is 0 Å². The maximum absolute atomic E-state index is 11.7. The number of rotatable bonds is 3. The van der Waals surface area contributed by atoms with E-state index in [4.69, 9.17) is 4.74 Å². The first-order chi connectivity index (χ1) is 15.0. The second-order valence-corrected chi connectivity index (χ2v) is 10.2. The first-order valence-corrected chi connectivity index (χ1v) is 11.5. The van der Waals surface area contributed by atoms with Crippen LogP contribution in [0.4, 0.5) is 0 Å². The van der Waals surface area contributed by atoms with Crippen LogP contribution in [-0.2, 0) is 10.2 Å². The van der Waals surface area contributed by atoms with Gasteiger partial charge >= 0.3 is 5.97 Å². The number of hydrogen-bond acceptors (Lipinski definition) is 3. The van der Waals surface area contributed by atoms with Gasteiger partial charge in [0.2, 0.25) is 0 Å². The van der Waals surface area contributed by atoms with Crippen molar-refractivity contribution in [2.24, 2.45) is 17.8 Å². The van der Waals surface area contributed by atoms with Crippen molar-refractivity contribution in [2.45, 2.75) is 43.9 Å². The van der Waals surface area contributed by atoms with Crippen LogP contribution in [0.25, 0.3) is 21.9 Å². The van der Waals surface area contributed by atoms with Crippen LogP contribution in [0, 0.1) is 17.8 Å². The molecule has 7 rings (SSSR count). The smallest absolute Gasteiger partial charge is 0.337 e. The van der Waals surface area contributed by atoms with E-state index in [0.717, 1.165) is 34.3 Å². The molecule has 3 heteroatoms. The number of hydrogen-bond donors (Lipinski definition) is 1. The summed E-state index contributed by atoms with van der Waals surface area (Å²) in [6, 6.07) is 18.2. The van der Waals surface area contributed by atoms with Gasteiger partial charge in [-0.25, -0.2) is 4.79 Å². The fourth-order valence-corrected chi connectivity index (χ4v) is 7.25. The van der Waals surface area contributed by atoms with Gasteiger partial charge in [-0.05, 0) is 114 Å². The topological polar surface area (TPSA) is 46.5 Å². The molecule has 0 atom stereocenters. The number of carbonyl (C=O) groups excluding carboxylic acids is 1. The fourth-order valence-electron chi connectivity index (χ4n) is 7.25. The Labute approximate surface area is 183 Å². The maximum atomic E-state index is 11.7. The maximum Gasteiger partial charge on any atom is 0.337 e. The van der Waals surface area contributed by atoms with Crippen LogP contribution in [-0.4, -0.2) is 18.2 Å². The highest BCUT2D eigenvalue weighted by atomic mass is 16.5. The normalized spacial score (nSPS) is 28.7. The van der Waals surface area contributed by atoms with Crippen LogP contribution in [0.3, 0.4) is 0 Å². The molecule has 0 radical (unpaired) electrons. The number of aromatic hydroxyl groups is 1. The molecule has 0 heterocycles. The zero-order valence-corrected chi connectivity index (χ0v) is 17.9. The van der Waals surface area contributed by atoms with E-state index < -0.39 is 0 Å². The van der Waals surface area contributed by atoms with Crippen molar-refractivity contribution >= 4 is 16.7 Å². The molecule has 0 spiro atoms. The molecule has 4 saturated carbocycles. The summed E-state index contributed by atoms with van der Waals surface area (Å²) in [7, 11) is 1.40. The standard InChI is InChI=1S/C28H28O3/c1-31-27(30)21-4-2-20(3-5-21)22-6-7-23-13-26(29)25(12-24(23)11-22)28-14-17-8-18(15-28)10-19(9-17)16-28/h2-7,11-13,17-19,29H,8-10,14-16H2,1H3. The number of benzene rings is 3. The van der Waals surface area contributed by atoms with Crippen LogP contribution in [0.2, 0.25) is 0 Å². The monoisotopic (exact) mass is 412 g/mol. The highest BCUT2D eigenvalue weighted by Gasteiger charge is 2.52. The second-order valence-electron chi connectivity index (χ2n) is 10.2. The summed E-state index contributed by atoms with van der Waals surface area (Å²) in [5.74, 6) is 2.70. The molecule has 3 nitrogen and oxygen atoms in total. The third-order valence-corrected chi connectivity index (χ3v) is 8.20. The molecule has 4 bridgehead atoms. The quantitative estimate of drug-likeness (QED) is 0.502. The van der Waals surface area contributed by atoms with E-state index in [9.17, 15) is 9.90 Å². The average molecular weight is 413 g/mol. The van der Waals surface area contributed by atoms with E-state index in [1.807, 2.05) is 30.3 Å². The molecule has 3 aromatic carbocycles. The zero-order chi connectivity index (χ0) is 21.2. The number of ether oxygens (including phenoxy) is 1. The lowest BCUT2D eigenvalue weighted by Gasteiger charge is -2.57. The third kappa shape index (κ3) is 3.05. The number of phenolic OH excluding ortho intramolecular Hbond substituents is 1. The lowest BCUT2D eigenvalue weighted by molar-refractivity contribution is -0.00606. The molecule has 31 heavy (non-hydrogen) atoms. The van der Waals surface area contributed by atoms with Crippen molar-refractivity contribution in [1.29, 1.82) is 0 Å². The van der Waals surface area contributed by atoms with Crippen molar-refractivity contribution in [2.75, 3.05) is 7.11 Å². The summed E-state index contributed by atoms with van der Waals surface area (Å²) in [6.07, 6.45) is 7.93. The van der Waals surface area contributed by atoms with Gasteiger partial charge in [0.25, 0.3) is 0 Å². The minimum absolute atomic E-state index is 0.172. The third-order valence-electron chi connectivity index (χ3n) is 8.20. The molecule has 4 aliphatic rings. The largest absolute Gasteiger partial charge is 0.508 e. The first kappa shape index (κ1) is 18.9. The Kier molecular flexibility index (Phi) is 4.18. The second kappa shape index (κ2) is 6.85. The summed E-state index contributed by atoms with van der Waals surface area (Å²) < 4.78 is 4.80. The van der Waals surface area contributed by atoms with E-state index in [1.165, 1.54) is 56.6 Å². The molecule has 0 unspecified atom stereocenters. The van der Waals surface area contributed by atoms with Crippen LogP contribution in [0.15, 0.2) is 54.6 Å². The lowest BCUT2D eigenvalue weighted by atomic mass is 9.48. The van der Waals surface area contributed by atoms with Gasteiger partial charge in [0.15, 0.2) is 0 Å².